The molecule has 0 bridgehead atoms. The van der Waals surface area contributed by atoms with Gasteiger partial charge in [-0.05, 0) is 45.4 Å². The van der Waals surface area contributed by atoms with Crippen molar-refractivity contribution in [2.24, 2.45) is 0 Å². The van der Waals surface area contributed by atoms with Gasteiger partial charge in [0.15, 0.2) is 6.10 Å². The number of nitrogens with one attached hydrogen (secondary N) is 1. The number of benzene rings is 2. The third-order valence-electron chi connectivity index (χ3n) is 3.97. The van der Waals surface area contributed by atoms with Gasteiger partial charge in [0.2, 0.25) is 0 Å². The highest BCUT2D eigenvalue weighted by Crippen LogP contribution is 2.25. The first-order valence-electron chi connectivity index (χ1n) is 8.09. The molecule has 1 N–H and O–H groups in total. The molecule has 2 aromatic carbocycles. The second-order valence-electron chi connectivity index (χ2n) is 6.00. The van der Waals surface area contributed by atoms with Crippen LogP contribution in [0.25, 0.3) is 0 Å². The maximum Gasteiger partial charge on any atom is 0.261 e. The fourth-order valence-electron chi connectivity index (χ4n) is 2.61. The molecule has 0 aliphatic carbocycles. The zero-order chi connectivity index (χ0) is 17.7. The highest BCUT2D eigenvalue weighted by atomic mass is 16.5. The highest BCUT2D eigenvalue weighted by molar-refractivity contribution is 5.81. The molecule has 0 saturated heterocycles. The molecule has 4 heteroatoms. The Labute approximate surface area is 143 Å². The van der Waals surface area contributed by atoms with Gasteiger partial charge in [0.25, 0.3) is 5.91 Å². The molecule has 2 aromatic rings. The van der Waals surface area contributed by atoms with Crippen LogP contribution in [0.5, 0.6) is 11.5 Å². The van der Waals surface area contributed by atoms with E-state index in [1.54, 1.807) is 14.0 Å². The maximum atomic E-state index is 12.4. The third kappa shape index (κ3) is 4.28. The van der Waals surface area contributed by atoms with Crippen LogP contribution in [0.4, 0.5) is 0 Å². The zero-order valence-electron chi connectivity index (χ0n) is 14.9. The van der Waals surface area contributed by atoms with E-state index in [1.807, 2.05) is 63.2 Å². The van der Waals surface area contributed by atoms with Gasteiger partial charge in [0, 0.05) is 5.56 Å². The molecule has 2 atom stereocenters. The van der Waals surface area contributed by atoms with Gasteiger partial charge in [-0.3, -0.25) is 4.79 Å². The Morgan fingerprint density at radius 1 is 1.04 bits per heavy atom. The lowest BCUT2D eigenvalue weighted by Gasteiger charge is -2.21. The van der Waals surface area contributed by atoms with E-state index in [4.69, 9.17) is 9.47 Å². The lowest BCUT2D eigenvalue weighted by molar-refractivity contribution is -0.127. The molecule has 1 amide bonds. The van der Waals surface area contributed by atoms with E-state index in [0.717, 1.165) is 22.6 Å². The fourth-order valence-corrected chi connectivity index (χ4v) is 2.61. The van der Waals surface area contributed by atoms with Crippen LogP contribution in [-0.4, -0.2) is 19.1 Å². The molecule has 0 saturated carbocycles. The number of hydrogen-bond acceptors (Lipinski definition) is 3. The van der Waals surface area contributed by atoms with Crippen molar-refractivity contribution in [2.75, 3.05) is 7.11 Å². The summed E-state index contributed by atoms with van der Waals surface area (Å²) >= 11 is 0. The van der Waals surface area contributed by atoms with Crippen molar-refractivity contribution in [1.29, 1.82) is 0 Å². The van der Waals surface area contributed by atoms with Crippen LogP contribution in [0.2, 0.25) is 0 Å². The molecule has 0 aromatic heterocycles. The van der Waals surface area contributed by atoms with Crippen molar-refractivity contribution in [1.82, 2.24) is 5.32 Å². The average molecular weight is 327 g/mol. The molecule has 0 fully saturated rings. The van der Waals surface area contributed by atoms with E-state index in [-0.39, 0.29) is 11.9 Å². The van der Waals surface area contributed by atoms with E-state index >= 15 is 0 Å². The van der Waals surface area contributed by atoms with Crippen LogP contribution >= 0.6 is 0 Å². The molecule has 0 heterocycles. The number of ether oxygens (including phenoxy) is 2. The lowest BCUT2D eigenvalue weighted by atomic mass is 10.1. The minimum absolute atomic E-state index is 0.159. The molecule has 0 spiro atoms. The number of carbonyl (C=O) groups excluding carboxylic acids is 1. The van der Waals surface area contributed by atoms with E-state index in [2.05, 4.69) is 5.32 Å². The first-order chi connectivity index (χ1) is 11.4. The number of hydrogen-bond donors (Lipinski definition) is 1. The Hall–Kier alpha value is -2.49. The summed E-state index contributed by atoms with van der Waals surface area (Å²) in [6.07, 6.45) is -0.580. The summed E-state index contributed by atoms with van der Waals surface area (Å²) in [5.41, 5.74) is 3.13. The number of rotatable bonds is 6. The molecule has 0 unspecified atom stereocenters. The summed E-state index contributed by atoms with van der Waals surface area (Å²) in [5, 5.41) is 2.98. The average Bonchev–Trinajstić information content (AvgIpc) is 2.57. The van der Waals surface area contributed by atoms with Crippen molar-refractivity contribution in [2.45, 2.75) is 39.8 Å². The normalized spacial score (nSPS) is 13.0. The Morgan fingerprint density at radius 2 is 1.75 bits per heavy atom. The topological polar surface area (TPSA) is 47.6 Å². The standard InChI is InChI=1S/C20H25NO3/c1-13-10-11-18(14(2)12-13)24-16(4)20(22)21-15(3)17-8-6-7-9-19(17)23-5/h6-12,15-16H,1-5H3,(H,21,22)/t15-,16+/m0/s1. The summed E-state index contributed by atoms with van der Waals surface area (Å²) < 4.78 is 11.2. The van der Waals surface area contributed by atoms with Gasteiger partial charge in [-0.1, -0.05) is 35.9 Å². The van der Waals surface area contributed by atoms with Crippen LogP contribution in [-0.2, 0) is 4.79 Å². The van der Waals surface area contributed by atoms with Crippen LogP contribution < -0.4 is 14.8 Å². The monoisotopic (exact) mass is 327 g/mol. The van der Waals surface area contributed by atoms with Crippen molar-refractivity contribution in [3.05, 3.63) is 59.2 Å². The van der Waals surface area contributed by atoms with Crippen molar-refractivity contribution < 1.29 is 14.3 Å². The summed E-state index contributed by atoms with van der Waals surface area (Å²) in [4.78, 5) is 12.4. The van der Waals surface area contributed by atoms with Crippen molar-refractivity contribution in [3.63, 3.8) is 0 Å². The fraction of sp³-hybridized carbons (Fsp3) is 0.350. The first-order valence-corrected chi connectivity index (χ1v) is 8.09. The highest BCUT2D eigenvalue weighted by Gasteiger charge is 2.20. The van der Waals surface area contributed by atoms with Crippen LogP contribution in [0.1, 0.15) is 36.6 Å². The summed E-state index contributed by atoms with van der Waals surface area (Å²) in [6.45, 7) is 7.69. The lowest BCUT2D eigenvalue weighted by Crippen LogP contribution is -2.38. The SMILES string of the molecule is COc1ccccc1[C@H](C)NC(=O)[C@@H](C)Oc1ccc(C)cc1C. The second-order valence-corrected chi connectivity index (χ2v) is 6.00. The first kappa shape index (κ1) is 17.9. The molecular formula is C20H25NO3. The van der Waals surface area contributed by atoms with Gasteiger partial charge in [0.05, 0.1) is 13.2 Å². The number of methoxy groups -OCH3 is 1. The molecule has 0 aliphatic heterocycles. The van der Waals surface area contributed by atoms with Gasteiger partial charge < -0.3 is 14.8 Å². The van der Waals surface area contributed by atoms with Crippen LogP contribution in [0.3, 0.4) is 0 Å². The molecule has 24 heavy (non-hydrogen) atoms. The molecule has 2 rings (SSSR count). The van der Waals surface area contributed by atoms with E-state index < -0.39 is 6.10 Å². The maximum absolute atomic E-state index is 12.4. The van der Waals surface area contributed by atoms with Crippen LogP contribution in [0.15, 0.2) is 42.5 Å². The van der Waals surface area contributed by atoms with Gasteiger partial charge >= 0.3 is 0 Å². The second kappa shape index (κ2) is 7.86. The molecule has 0 aliphatic rings. The predicted molar refractivity (Wildman–Crippen MR) is 95.6 cm³/mol. The Balaban J connectivity index is 2.03. The minimum atomic E-state index is -0.580. The Bertz CT molecular complexity index is 712. The van der Waals surface area contributed by atoms with Gasteiger partial charge in [-0.15, -0.1) is 0 Å². The zero-order valence-corrected chi connectivity index (χ0v) is 14.9. The summed E-state index contributed by atoms with van der Waals surface area (Å²) in [5.74, 6) is 1.33. The number of carbonyl (C=O) groups is 1. The summed E-state index contributed by atoms with van der Waals surface area (Å²) in [7, 11) is 1.62. The van der Waals surface area contributed by atoms with Crippen molar-refractivity contribution in [3.8, 4) is 11.5 Å². The van der Waals surface area contributed by atoms with Gasteiger partial charge in [-0.25, -0.2) is 0 Å². The van der Waals surface area contributed by atoms with Gasteiger partial charge in [0.1, 0.15) is 11.5 Å². The largest absolute Gasteiger partial charge is 0.496 e. The van der Waals surface area contributed by atoms with Crippen molar-refractivity contribution >= 4 is 5.91 Å². The third-order valence-corrected chi connectivity index (χ3v) is 3.97. The molecular weight excluding hydrogens is 302 g/mol. The van der Waals surface area contributed by atoms with Gasteiger partial charge in [-0.2, -0.15) is 0 Å². The minimum Gasteiger partial charge on any atom is -0.496 e. The predicted octanol–water partition coefficient (Wildman–Crippen LogP) is 3.96. The smallest absolute Gasteiger partial charge is 0.261 e. The number of amides is 1. The van der Waals surface area contributed by atoms with E-state index in [9.17, 15) is 4.79 Å². The molecule has 4 nitrogen and oxygen atoms in total. The quantitative estimate of drug-likeness (QED) is 0.874. The number of aryl methyl sites for hydroxylation is 2. The Kier molecular flexibility index (Phi) is 5.85. The van der Waals surface area contributed by atoms with Crippen LogP contribution in [0, 0.1) is 13.8 Å². The Morgan fingerprint density at radius 3 is 2.42 bits per heavy atom. The summed E-state index contributed by atoms with van der Waals surface area (Å²) in [6, 6.07) is 13.4. The van der Waals surface area contributed by atoms with E-state index in [0.29, 0.717) is 0 Å². The molecule has 128 valence electrons. The molecule has 0 radical (unpaired) electrons. The number of para-hydroxylation sites is 1. The van der Waals surface area contributed by atoms with E-state index in [1.165, 1.54) is 5.56 Å².